The first-order chi connectivity index (χ1) is 9.34. The highest BCUT2D eigenvalue weighted by atomic mass is 32.1. The van der Waals surface area contributed by atoms with Gasteiger partial charge >= 0.3 is 0 Å². The summed E-state index contributed by atoms with van der Waals surface area (Å²) in [7, 11) is 0. The lowest BCUT2D eigenvalue weighted by Crippen LogP contribution is -2.40. The minimum absolute atomic E-state index is 0.156. The normalized spacial score (nSPS) is 18.7. The Hall–Kier alpha value is -1.82. The van der Waals surface area contributed by atoms with Crippen LogP contribution in [0.15, 0.2) is 34.4 Å². The van der Waals surface area contributed by atoms with Crippen LogP contribution in [0.5, 0.6) is 0 Å². The minimum atomic E-state index is -0.156. The summed E-state index contributed by atoms with van der Waals surface area (Å²) in [6.07, 6.45) is 5.54. The van der Waals surface area contributed by atoms with E-state index in [1.54, 1.807) is 23.5 Å². The molecule has 5 nitrogen and oxygen atoms in total. The van der Waals surface area contributed by atoms with Gasteiger partial charge in [0, 0.05) is 30.7 Å². The number of hydrogen-bond acceptors (Lipinski definition) is 5. The molecule has 6 heteroatoms. The van der Waals surface area contributed by atoms with Crippen molar-refractivity contribution in [3.05, 3.63) is 35.7 Å². The van der Waals surface area contributed by atoms with Crippen molar-refractivity contribution in [1.82, 2.24) is 10.3 Å². The number of aromatic nitrogens is 1. The van der Waals surface area contributed by atoms with E-state index in [1.807, 2.05) is 11.6 Å². The van der Waals surface area contributed by atoms with Crippen LogP contribution in [-0.4, -0.2) is 30.0 Å². The smallest absolute Gasteiger partial charge is 0.287 e. The first-order valence-corrected chi connectivity index (χ1v) is 7.20. The molecule has 0 aliphatic carbocycles. The number of nitrogens with one attached hydrogen (secondary N) is 1. The van der Waals surface area contributed by atoms with E-state index in [1.165, 1.54) is 6.26 Å². The molecule has 1 aliphatic heterocycles. The molecular weight excluding hydrogens is 262 g/mol. The standard InChI is InChI=1S/C13H15N3O2S/c17-12(11-4-2-7-18-11)15-9-10-3-1-6-16(10)13-14-5-8-19-13/h2,4-5,7-8,10H,1,3,6,9H2,(H,15,17). The molecule has 0 radical (unpaired) electrons. The van der Waals surface area contributed by atoms with Crippen LogP contribution >= 0.6 is 11.3 Å². The third-order valence-corrected chi connectivity index (χ3v) is 4.09. The maximum absolute atomic E-state index is 11.8. The molecule has 2 aromatic heterocycles. The number of amides is 1. The number of carbonyl (C=O) groups is 1. The zero-order valence-corrected chi connectivity index (χ0v) is 11.2. The van der Waals surface area contributed by atoms with Crippen molar-refractivity contribution in [2.24, 2.45) is 0 Å². The maximum Gasteiger partial charge on any atom is 0.287 e. The fourth-order valence-corrected chi connectivity index (χ4v) is 3.10. The Morgan fingerprint density at radius 1 is 1.63 bits per heavy atom. The first-order valence-electron chi connectivity index (χ1n) is 6.32. The SMILES string of the molecule is O=C(NCC1CCCN1c1nccs1)c1ccco1. The molecule has 100 valence electrons. The van der Waals surface area contributed by atoms with E-state index in [0.29, 0.717) is 18.3 Å². The fraction of sp³-hybridized carbons (Fsp3) is 0.385. The Bertz CT molecular complexity index is 524. The Kier molecular flexibility index (Phi) is 3.50. The quantitative estimate of drug-likeness (QED) is 0.930. The van der Waals surface area contributed by atoms with Crippen molar-refractivity contribution < 1.29 is 9.21 Å². The summed E-state index contributed by atoms with van der Waals surface area (Å²) < 4.78 is 5.07. The van der Waals surface area contributed by atoms with Gasteiger partial charge in [0.1, 0.15) is 0 Å². The van der Waals surface area contributed by atoms with E-state index in [-0.39, 0.29) is 5.91 Å². The molecule has 1 amide bonds. The number of hydrogen-bond donors (Lipinski definition) is 1. The van der Waals surface area contributed by atoms with E-state index in [0.717, 1.165) is 24.5 Å². The van der Waals surface area contributed by atoms with Crippen LogP contribution in [0.4, 0.5) is 5.13 Å². The molecule has 0 spiro atoms. The highest BCUT2D eigenvalue weighted by Gasteiger charge is 2.26. The van der Waals surface area contributed by atoms with Gasteiger partial charge in [-0.25, -0.2) is 4.98 Å². The van der Waals surface area contributed by atoms with Gasteiger partial charge in [-0.2, -0.15) is 0 Å². The Morgan fingerprint density at radius 2 is 2.58 bits per heavy atom. The Labute approximate surface area is 115 Å². The summed E-state index contributed by atoms with van der Waals surface area (Å²) in [6.45, 7) is 1.63. The molecule has 0 bridgehead atoms. The zero-order valence-electron chi connectivity index (χ0n) is 10.4. The van der Waals surface area contributed by atoms with E-state index >= 15 is 0 Å². The van der Waals surface area contributed by atoms with Gasteiger partial charge in [0.15, 0.2) is 10.9 Å². The van der Waals surface area contributed by atoms with Crippen molar-refractivity contribution in [3.63, 3.8) is 0 Å². The van der Waals surface area contributed by atoms with Gasteiger partial charge in [0.05, 0.1) is 6.26 Å². The molecule has 1 N–H and O–H groups in total. The maximum atomic E-state index is 11.8. The number of thiazole rings is 1. The van der Waals surface area contributed by atoms with E-state index in [2.05, 4.69) is 15.2 Å². The zero-order chi connectivity index (χ0) is 13.1. The Morgan fingerprint density at radius 3 is 3.32 bits per heavy atom. The first kappa shape index (κ1) is 12.2. The van der Waals surface area contributed by atoms with Gasteiger partial charge in [-0.1, -0.05) is 0 Å². The molecule has 1 fully saturated rings. The van der Waals surface area contributed by atoms with Crippen LogP contribution in [0.3, 0.4) is 0 Å². The van der Waals surface area contributed by atoms with Gasteiger partial charge in [-0.05, 0) is 25.0 Å². The van der Waals surface area contributed by atoms with E-state index in [9.17, 15) is 4.79 Å². The lowest BCUT2D eigenvalue weighted by atomic mass is 10.2. The summed E-state index contributed by atoms with van der Waals surface area (Å²) >= 11 is 1.64. The molecule has 2 aromatic rings. The van der Waals surface area contributed by atoms with Gasteiger partial charge < -0.3 is 14.6 Å². The molecule has 3 rings (SSSR count). The van der Waals surface area contributed by atoms with Crippen LogP contribution in [0.1, 0.15) is 23.4 Å². The second-order valence-corrected chi connectivity index (χ2v) is 5.36. The predicted octanol–water partition coefficient (Wildman–Crippen LogP) is 2.13. The average molecular weight is 277 g/mol. The molecule has 3 heterocycles. The summed E-state index contributed by atoms with van der Waals surface area (Å²) in [5.41, 5.74) is 0. The summed E-state index contributed by atoms with van der Waals surface area (Å²) in [5, 5.41) is 5.94. The number of nitrogens with zero attached hydrogens (tertiary/aromatic N) is 2. The van der Waals surface area contributed by atoms with Crippen LogP contribution in [0, 0.1) is 0 Å². The summed E-state index contributed by atoms with van der Waals surface area (Å²) in [4.78, 5) is 18.4. The molecule has 1 aliphatic rings. The predicted molar refractivity (Wildman–Crippen MR) is 73.5 cm³/mol. The number of carbonyl (C=O) groups excluding carboxylic acids is 1. The van der Waals surface area contributed by atoms with E-state index < -0.39 is 0 Å². The molecule has 0 aromatic carbocycles. The van der Waals surface area contributed by atoms with E-state index in [4.69, 9.17) is 4.42 Å². The molecule has 1 atom stereocenters. The third kappa shape index (κ3) is 2.63. The van der Waals surface area contributed by atoms with Crippen molar-refractivity contribution in [1.29, 1.82) is 0 Å². The highest BCUT2D eigenvalue weighted by molar-refractivity contribution is 7.13. The molecule has 1 saturated heterocycles. The molecule has 19 heavy (non-hydrogen) atoms. The minimum Gasteiger partial charge on any atom is -0.459 e. The summed E-state index contributed by atoms with van der Waals surface area (Å²) in [6, 6.07) is 3.71. The fourth-order valence-electron chi connectivity index (χ4n) is 2.36. The number of furan rings is 1. The highest BCUT2D eigenvalue weighted by Crippen LogP contribution is 2.26. The Balaban J connectivity index is 1.59. The topological polar surface area (TPSA) is 58.4 Å². The molecule has 0 saturated carbocycles. The second kappa shape index (κ2) is 5.44. The van der Waals surface area contributed by atoms with Crippen molar-refractivity contribution in [3.8, 4) is 0 Å². The average Bonchev–Trinajstić information content (AvgIpc) is 3.14. The summed E-state index contributed by atoms with van der Waals surface area (Å²) in [5.74, 6) is 0.204. The van der Waals surface area contributed by atoms with Crippen LogP contribution < -0.4 is 10.2 Å². The van der Waals surface area contributed by atoms with Crippen molar-refractivity contribution in [2.45, 2.75) is 18.9 Å². The number of rotatable bonds is 4. The molecular formula is C13H15N3O2S. The lowest BCUT2D eigenvalue weighted by Gasteiger charge is -2.23. The van der Waals surface area contributed by atoms with Crippen LogP contribution in [-0.2, 0) is 0 Å². The van der Waals surface area contributed by atoms with Crippen molar-refractivity contribution in [2.75, 3.05) is 18.0 Å². The second-order valence-electron chi connectivity index (χ2n) is 4.49. The van der Waals surface area contributed by atoms with Gasteiger partial charge in [-0.15, -0.1) is 11.3 Å². The van der Waals surface area contributed by atoms with Gasteiger partial charge in [0.25, 0.3) is 5.91 Å². The van der Waals surface area contributed by atoms with Crippen LogP contribution in [0.25, 0.3) is 0 Å². The third-order valence-electron chi connectivity index (χ3n) is 3.29. The monoisotopic (exact) mass is 277 g/mol. The van der Waals surface area contributed by atoms with Gasteiger partial charge in [0.2, 0.25) is 0 Å². The lowest BCUT2D eigenvalue weighted by molar-refractivity contribution is 0.0923. The van der Waals surface area contributed by atoms with Crippen LogP contribution in [0.2, 0.25) is 0 Å². The van der Waals surface area contributed by atoms with Crippen molar-refractivity contribution >= 4 is 22.4 Å². The molecule has 1 unspecified atom stereocenters. The van der Waals surface area contributed by atoms with Gasteiger partial charge in [-0.3, -0.25) is 4.79 Å². The largest absolute Gasteiger partial charge is 0.459 e. The number of anilines is 1.